The molecule has 0 saturated carbocycles. The van der Waals surface area contributed by atoms with Gasteiger partial charge in [-0.2, -0.15) is 0 Å². The number of sulfonamides is 1. The first-order chi connectivity index (χ1) is 9.55. The topological polar surface area (TPSA) is 66.4 Å². The van der Waals surface area contributed by atoms with Crippen LogP contribution in [0.4, 0.5) is 0 Å². The van der Waals surface area contributed by atoms with Gasteiger partial charge < -0.3 is 5.11 Å². The Morgan fingerprint density at radius 3 is 1.95 bits per heavy atom. The maximum absolute atomic E-state index is 11.6. The fourth-order valence-corrected chi connectivity index (χ4v) is 3.15. The average Bonchev–Trinajstić information content (AvgIpc) is 2.48. The fourth-order valence-electron chi connectivity index (χ4n) is 1.60. The molecule has 20 heavy (non-hydrogen) atoms. The Kier molecular flexibility index (Phi) is 4.82. The molecular weight excluding hydrogens is 294 g/mol. The summed E-state index contributed by atoms with van der Waals surface area (Å²) in [4.78, 5) is 2.24. The van der Waals surface area contributed by atoms with E-state index >= 15 is 0 Å². The molecule has 4 nitrogen and oxygen atoms in total. The molecule has 2 rings (SSSR count). The van der Waals surface area contributed by atoms with Gasteiger partial charge >= 0.3 is 0 Å². The minimum absolute atomic E-state index is 0.0293. The van der Waals surface area contributed by atoms with Crippen molar-refractivity contribution >= 4 is 21.8 Å². The Morgan fingerprint density at radius 1 is 1.00 bits per heavy atom. The van der Waals surface area contributed by atoms with E-state index in [0.29, 0.717) is 0 Å². The summed E-state index contributed by atoms with van der Waals surface area (Å²) in [5.41, 5.74) is 0.866. The zero-order valence-corrected chi connectivity index (χ0v) is 12.5. The lowest BCUT2D eigenvalue weighted by atomic mass is 10.2. The molecule has 0 spiro atoms. The summed E-state index contributed by atoms with van der Waals surface area (Å²) in [5, 5.41) is 8.98. The summed E-state index contributed by atoms with van der Waals surface area (Å²) in [6.07, 6.45) is 0. The second-order valence-electron chi connectivity index (χ2n) is 4.08. The van der Waals surface area contributed by atoms with E-state index in [-0.39, 0.29) is 11.5 Å². The fraction of sp³-hybridized carbons (Fsp3) is 0.143. The molecule has 0 heterocycles. The summed E-state index contributed by atoms with van der Waals surface area (Å²) in [7, 11) is -1.99. The Morgan fingerprint density at radius 2 is 1.50 bits per heavy atom. The van der Waals surface area contributed by atoms with Crippen molar-refractivity contribution in [1.29, 1.82) is 0 Å². The first-order valence-corrected chi connectivity index (χ1v) is 8.26. The van der Waals surface area contributed by atoms with Crippen molar-refractivity contribution < 1.29 is 13.5 Å². The van der Waals surface area contributed by atoms with E-state index in [9.17, 15) is 8.42 Å². The van der Waals surface area contributed by atoms with Crippen LogP contribution in [-0.2, 0) is 16.6 Å². The van der Waals surface area contributed by atoms with Gasteiger partial charge in [-0.3, -0.25) is 0 Å². The van der Waals surface area contributed by atoms with Crippen LogP contribution >= 0.6 is 11.8 Å². The highest BCUT2D eigenvalue weighted by Gasteiger charge is 2.10. The van der Waals surface area contributed by atoms with Gasteiger partial charge in [0.2, 0.25) is 10.0 Å². The van der Waals surface area contributed by atoms with Crippen molar-refractivity contribution in [2.24, 2.45) is 0 Å². The van der Waals surface area contributed by atoms with Crippen LogP contribution in [0.25, 0.3) is 0 Å². The molecule has 0 aromatic heterocycles. The third kappa shape index (κ3) is 3.61. The molecule has 0 aliphatic heterocycles. The van der Waals surface area contributed by atoms with Crippen molar-refractivity contribution in [3.8, 4) is 0 Å². The van der Waals surface area contributed by atoms with E-state index in [1.54, 1.807) is 24.3 Å². The molecular formula is C14H15NO3S2. The Bertz CT molecular complexity index is 665. The van der Waals surface area contributed by atoms with Crippen LogP contribution in [0, 0.1) is 0 Å². The number of rotatable bonds is 5. The summed E-state index contributed by atoms with van der Waals surface area (Å²) in [5.74, 6) is 0. The molecule has 0 bridgehead atoms. The number of aliphatic hydroxyl groups is 1. The monoisotopic (exact) mass is 309 g/mol. The zero-order valence-electron chi connectivity index (χ0n) is 10.9. The second kappa shape index (κ2) is 6.41. The van der Waals surface area contributed by atoms with Crippen molar-refractivity contribution in [3.63, 3.8) is 0 Å². The lowest BCUT2D eigenvalue weighted by Gasteiger charge is -2.05. The molecule has 0 aliphatic carbocycles. The molecule has 2 N–H and O–H groups in total. The number of benzene rings is 2. The first kappa shape index (κ1) is 15.1. The van der Waals surface area contributed by atoms with Crippen molar-refractivity contribution in [1.82, 2.24) is 4.72 Å². The van der Waals surface area contributed by atoms with Crippen molar-refractivity contribution in [3.05, 3.63) is 54.1 Å². The molecule has 0 amide bonds. The van der Waals surface area contributed by atoms with Crippen LogP contribution in [-0.4, -0.2) is 20.6 Å². The molecule has 0 atom stereocenters. The van der Waals surface area contributed by atoms with E-state index in [1.165, 1.54) is 18.8 Å². The van der Waals surface area contributed by atoms with Gasteiger partial charge in [-0.15, -0.1) is 0 Å². The van der Waals surface area contributed by atoms with Crippen molar-refractivity contribution in [2.75, 3.05) is 7.05 Å². The number of hydrogen-bond acceptors (Lipinski definition) is 4. The molecule has 2 aromatic carbocycles. The quantitative estimate of drug-likeness (QED) is 0.889. The second-order valence-corrected chi connectivity index (χ2v) is 7.12. The van der Waals surface area contributed by atoms with Gasteiger partial charge in [0.05, 0.1) is 11.5 Å². The minimum atomic E-state index is -3.38. The third-order valence-electron chi connectivity index (χ3n) is 2.74. The predicted octanol–water partition coefficient (Wildman–Crippen LogP) is 2.24. The molecule has 106 valence electrons. The summed E-state index contributed by atoms with van der Waals surface area (Å²) < 4.78 is 25.5. The minimum Gasteiger partial charge on any atom is -0.392 e. The van der Waals surface area contributed by atoms with Crippen LogP contribution in [0.15, 0.2) is 63.2 Å². The highest BCUT2D eigenvalue weighted by molar-refractivity contribution is 7.99. The number of nitrogens with one attached hydrogen (secondary N) is 1. The van der Waals surface area contributed by atoms with Gasteiger partial charge in [0, 0.05) is 9.79 Å². The van der Waals surface area contributed by atoms with E-state index in [2.05, 4.69) is 4.72 Å². The standard InChI is InChI=1S/C14H15NO3S2/c1-15-20(17,18)14-8-6-13(7-9-14)19-12-4-2-11(10-16)3-5-12/h2-9,15-16H,10H2,1H3. The van der Waals surface area contributed by atoms with Crippen LogP contribution in [0.5, 0.6) is 0 Å². The summed E-state index contributed by atoms with van der Waals surface area (Å²) in [6.45, 7) is 0.0293. The van der Waals surface area contributed by atoms with Crippen molar-refractivity contribution in [2.45, 2.75) is 21.3 Å². The van der Waals surface area contributed by atoms with Gasteiger partial charge in [-0.25, -0.2) is 13.1 Å². The Labute approximate surface area is 122 Å². The maximum atomic E-state index is 11.6. The van der Waals surface area contributed by atoms with Crippen LogP contribution < -0.4 is 4.72 Å². The van der Waals surface area contributed by atoms with E-state index < -0.39 is 10.0 Å². The van der Waals surface area contributed by atoms with Crippen LogP contribution in [0.1, 0.15) is 5.56 Å². The first-order valence-electron chi connectivity index (χ1n) is 5.96. The van der Waals surface area contributed by atoms with Gasteiger partial charge in [-0.05, 0) is 49.0 Å². The summed E-state index contributed by atoms with van der Waals surface area (Å²) >= 11 is 1.54. The van der Waals surface area contributed by atoms with E-state index in [4.69, 9.17) is 5.11 Å². The molecule has 0 radical (unpaired) electrons. The third-order valence-corrected chi connectivity index (χ3v) is 5.19. The van der Waals surface area contributed by atoms with Gasteiger partial charge in [0.15, 0.2) is 0 Å². The van der Waals surface area contributed by atoms with Crippen LogP contribution in [0.2, 0.25) is 0 Å². The highest BCUT2D eigenvalue weighted by atomic mass is 32.2. The van der Waals surface area contributed by atoms with E-state index in [0.717, 1.165) is 15.4 Å². The number of aliphatic hydroxyl groups excluding tert-OH is 1. The lowest BCUT2D eigenvalue weighted by Crippen LogP contribution is -2.18. The van der Waals surface area contributed by atoms with Gasteiger partial charge in [-0.1, -0.05) is 23.9 Å². The smallest absolute Gasteiger partial charge is 0.240 e. The lowest BCUT2D eigenvalue weighted by molar-refractivity contribution is 0.282. The number of hydrogen-bond donors (Lipinski definition) is 2. The Hall–Kier alpha value is -1.34. The summed E-state index contributed by atoms with van der Waals surface area (Å²) in [6, 6.07) is 14.3. The van der Waals surface area contributed by atoms with Gasteiger partial charge in [0.25, 0.3) is 0 Å². The largest absolute Gasteiger partial charge is 0.392 e. The SMILES string of the molecule is CNS(=O)(=O)c1ccc(Sc2ccc(CO)cc2)cc1. The average molecular weight is 309 g/mol. The molecule has 0 aliphatic rings. The molecule has 0 saturated heterocycles. The molecule has 0 unspecified atom stereocenters. The molecule has 0 fully saturated rings. The van der Waals surface area contributed by atoms with Crippen LogP contribution in [0.3, 0.4) is 0 Å². The molecule has 2 aromatic rings. The molecule has 6 heteroatoms. The normalized spacial score (nSPS) is 11.5. The Balaban J connectivity index is 2.14. The van der Waals surface area contributed by atoms with Gasteiger partial charge in [0.1, 0.15) is 0 Å². The zero-order chi connectivity index (χ0) is 14.6. The highest BCUT2D eigenvalue weighted by Crippen LogP contribution is 2.28. The predicted molar refractivity (Wildman–Crippen MR) is 79.2 cm³/mol. The maximum Gasteiger partial charge on any atom is 0.240 e. The van der Waals surface area contributed by atoms with E-state index in [1.807, 2.05) is 24.3 Å².